The minimum atomic E-state index is -0.351. The molecule has 4 nitrogen and oxygen atoms in total. The molecule has 1 amide bonds. The van der Waals surface area contributed by atoms with Crippen LogP contribution in [0.5, 0.6) is 0 Å². The van der Waals surface area contributed by atoms with Gasteiger partial charge in [0.15, 0.2) is 0 Å². The first-order valence-corrected chi connectivity index (χ1v) is 6.61. The SMILES string of the molecule is CCC1(C(=O)NCc2cnccc2C)CCCN1. The number of carbonyl (C=O) groups excluding carboxylic acids is 1. The van der Waals surface area contributed by atoms with Gasteiger partial charge in [0.1, 0.15) is 0 Å². The van der Waals surface area contributed by atoms with Crippen LogP contribution in [0.1, 0.15) is 37.3 Å². The maximum absolute atomic E-state index is 12.3. The van der Waals surface area contributed by atoms with Crippen LogP contribution in [0, 0.1) is 6.92 Å². The Morgan fingerprint density at radius 1 is 1.61 bits per heavy atom. The van der Waals surface area contributed by atoms with E-state index in [0.717, 1.165) is 36.9 Å². The molecule has 0 spiro atoms. The van der Waals surface area contributed by atoms with E-state index in [2.05, 4.69) is 22.5 Å². The lowest BCUT2D eigenvalue weighted by Crippen LogP contribution is -2.52. The van der Waals surface area contributed by atoms with E-state index in [0.29, 0.717) is 6.54 Å². The van der Waals surface area contributed by atoms with E-state index < -0.39 is 0 Å². The largest absolute Gasteiger partial charge is 0.350 e. The quantitative estimate of drug-likeness (QED) is 0.848. The lowest BCUT2D eigenvalue weighted by atomic mass is 9.93. The highest BCUT2D eigenvalue weighted by Gasteiger charge is 2.38. The first kappa shape index (κ1) is 13.0. The summed E-state index contributed by atoms with van der Waals surface area (Å²) in [6.45, 7) is 5.59. The molecule has 2 heterocycles. The minimum absolute atomic E-state index is 0.116. The predicted octanol–water partition coefficient (Wildman–Crippen LogP) is 1.54. The average Bonchev–Trinajstić information content (AvgIpc) is 2.87. The van der Waals surface area contributed by atoms with Crippen molar-refractivity contribution in [2.45, 2.75) is 45.2 Å². The lowest BCUT2D eigenvalue weighted by Gasteiger charge is -2.26. The summed E-state index contributed by atoms with van der Waals surface area (Å²) in [7, 11) is 0. The number of aryl methyl sites for hydroxylation is 1. The van der Waals surface area contributed by atoms with Gasteiger partial charge in [-0.3, -0.25) is 9.78 Å². The molecule has 2 N–H and O–H groups in total. The fourth-order valence-electron chi connectivity index (χ4n) is 2.49. The van der Waals surface area contributed by atoms with Gasteiger partial charge in [-0.25, -0.2) is 0 Å². The number of amides is 1. The summed E-state index contributed by atoms with van der Waals surface area (Å²) in [5.74, 6) is 0.116. The smallest absolute Gasteiger partial charge is 0.240 e. The van der Waals surface area contributed by atoms with Crippen molar-refractivity contribution in [3.8, 4) is 0 Å². The Morgan fingerprint density at radius 3 is 3.06 bits per heavy atom. The summed E-state index contributed by atoms with van der Waals surface area (Å²) in [5, 5.41) is 6.37. The van der Waals surface area contributed by atoms with Gasteiger partial charge in [-0.2, -0.15) is 0 Å². The van der Waals surface area contributed by atoms with E-state index in [4.69, 9.17) is 0 Å². The second kappa shape index (κ2) is 5.48. The van der Waals surface area contributed by atoms with Gasteiger partial charge in [0.25, 0.3) is 0 Å². The summed E-state index contributed by atoms with van der Waals surface area (Å²) in [5.41, 5.74) is 1.89. The van der Waals surface area contributed by atoms with Gasteiger partial charge in [0, 0.05) is 18.9 Å². The summed E-state index contributed by atoms with van der Waals surface area (Å²) in [6.07, 6.45) is 6.43. The van der Waals surface area contributed by atoms with E-state index >= 15 is 0 Å². The zero-order valence-corrected chi connectivity index (χ0v) is 11.1. The number of rotatable bonds is 4. The predicted molar refractivity (Wildman–Crippen MR) is 71.1 cm³/mol. The van der Waals surface area contributed by atoms with Gasteiger partial charge >= 0.3 is 0 Å². The van der Waals surface area contributed by atoms with Crippen LogP contribution in [0.15, 0.2) is 18.5 Å². The Kier molecular flexibility index (Phi) is 3.97. The Hall–Kier alpha value is -1.42. The minimum Gasteiger partial charge on any atom is -0.350 e. The molecule has 2 rings (SSSR count). The summed E-state index contributed by atoms with van der Waals surface area (Å²) >= 11 is 0. The van der Waals surface area contributed by atoms with Gasteiger partial charge in [0.05, 0.1) is 5.54 Å². The van der Waals surface area contributed by atoms with E-state index in [-0.39, 0.29) is 11.4 Å². The lowest BCUT2D eigenvalue weighted by molar-refractivity contribution is -0.127. The molecule has 1 saturated heterocycles. The van der Waals surface area contributed by atoms with Crippen LogP contribution < -0.4 is 10.6 Å². The normalized spacial score (nSPS) is 23.0. The standard InChI is InChI=1S/C14H21N3O/c1-3-14(6-4-7-17-14)13(18)16-10-12-9-15-8-5-11(12)2/h5,8-9,17H,3-4,6-7,10H2,1-2H3,(H,16,18). The number of hydrogen-bond acceptors (Lipinski definition) is 3. The molecule has 0 saturated carbocycles. The summed E-state index contributed by atoms with van der Waals surface area (Å²) in [4.78, 5) is 16.4. The summed E-state index contributed by atoms with van der Waals surface area (Å²) < 4.78 is 0. The van der Waals surface area contributed by atoms with Crippen LogP contribution in [0.3, 0.4) is 0 Å². The zero-order valence-electron chi connectivity index (χ0n) is 11.1. The van der Waals surface area contributed by atoms with Crippen molar-refractivity contribution in [2.75, 3.05) is 6.54 Å². The molecule has 0 bridgehead atoms. The third-order valence-corrected chi connectivity index (χ3v) is 3.87. The average molecular weight is 247 g/mol. The topological polar surface area (TPSA) is 54.0 Å². The van der Waals surface area contributed by atoms with Gasteiger partial charge in [-0.15, -0.1) is 0 Å². The Bertz CT molecular complexity index is 425. The fourth-order valence-corrected chi connectivity index (χ4v) is 2.49. The maximum atomic E-state index is 12.3. The van der Waals surface area contributed by atoms with Crippen LogP contribution in [-0.2, 0) is 11.3 Å². The number of nitrogens with one attached hydrogen (secondary N) is 2. The van der Waals surface area contributed by atoms with Crippen LogP contribution >= 0.6 is 0 Å². The van der Waals surface area contributed by atoms with E-state index in [1.165, 1.54) is 0 Å². The first-order chi connectivity index (χ1) is 8.68. The molecule has 1 fully saturated rings. The first-order valence-electron chi connectivity index (χ1n) is 6.61. The summed E-state index contributed by atoms with van der Waals surface area (Å²) in [6, 6.07) is 1.96. The van der Waals surface area contributed by atoms with E-state index in [9.17, 15) is 4.79 Å². The highest BCUT2D eigenvalue weighted by molar-refractivity contribution is 5.86. The number of aromatic nitrogens is 1. The molecule has 1 atom stereocenters. The molecular formula is C14H21N3O. The Labute approximate surface area is 108 Å². The van der Waals surface area contributed by atoms with Gasteiger partial charge in [-0.05, 0) is 49.9 Å². The Balaban J connectivity index is 1.98. The molecule has 4 heteroatoms. The van der Waals surface area contributed by atoms with Crippen molar-refractivity contribution < 1.29 is 4.79 Å². The third-order valence-electron chi connectivity index (χ3n) is 3.87. The molecule has 0 aliphatic carbocycles. The van der Waals surface area contributed by atoms with Crippen LogP contribution in [-0.4, -0.2) is 23.0 Å². The molecule has 0 aromatic carbocycles. The monoisotopic (exact) mass is 247 g/mol. The number of carbonyl (C=O) groups is 1. The van der Waals surface area contributed by atoms with Gasteiger partial charge in [0.2, 0.25) is 5.91 Å². The fraction of sp³-hybridized carbons (Fsp3) is 0.571. The van der Waals surface area contributed by atoms with Crippen molar-refractivity contribution >= 4 is 5.91 Å². The number of pyridine rings is 1. The highest BCUT2D eigenvalue weighted by atomic mass is 16.2. The highest BCUT2D eigenvalue weighted by Crippen LogP contribution is 2.23. The molecule has 0 radical (unpaired) electrons. The van der Waals surface area contributed by atoms with Crippen molar-refractivity contribution in [1.82, 2.24) is 15.6 Å². The van der Waals surface area contributed by atoms with Crippen LogP contribution in [0.4, 0.5) is 0 Å². The van der Waals surface area contributed by atoms with Crippen molar-refractivity contribution in [3.63, 3.8) is 0 Å². The molecule has 1 aromatic heterocycles. The van der Waals surface area contributed by atoms with E-state index in [1.54, 1.807) is 6.20 Å². The van der Waals surface area contributed by atoms with Crippen molar-refractivity contribution in [3.05, 3.63) is 29.6 Å². The number of hydrogen-bond donors (Lipinski definition) is 2. The zero-order chi connectivity index (χ0) is 13.0. The van der Waals surface area contributed by atoms with Crippen molar-refractivity contribution in [2.24, 2.45) is 0 Å². The van der Waals surface area contributed by atoms with Crippen LogP contribution in [0.25, 0.3) is 0 Å². The molecule has 1 aromatic rings. The molecular weight excluding hydrogens is 226 g/mol. The number of nitrogens with zero attached hydrogens (tertiary/aromatic N) is 1. The molecule has 1 unspecified atom stereocenters. The van der Waals surface area contributed by atoms with Gasteiger partial charge in [-0.1, -0.05) is 6.92 Å². The second-order valence-corrected chi connectivity index (χ2v) is 4.95. The third kappa shape index (κ3) is 2.53. The van der Waals surface area contributed by atoms with E-state index in [1.807, 2.05) is 19.2 Å². The van der Waals surface area contributed by atoms with Gasteiger partial charge < -0.3 is 10.6 Å². The van der Waals surface area contributed by atoms with Crippen molar-refractivity contribution in [1.29, 1.82) is 0 Å². The molecule has 18 heavy (non-hydrogen) atoms. The molecule has 1 aliphatic rings. The van der Waals surface area contributed by atoms with Crippen LogP contribution in [0.2, 0.25) is 0 Å². The Morgan fingerprint density at radius 2 is 2.44 bits per heavy atom. The molecule has 98 valence electrons. The maximum Gasteiger partial charge on any atom is 0.240 e. The molecule has 1 aliphatic heterocycles. The second-order valence-electron chi connectivity index (χ2n) is 4.95.